The van der Waals surface area contributed by atoms with Crippen molar-refractivity contribution in [2.75, 3.05) is 13.2 Å². The molecule has 344 valence electrons. The Bertz CT molecular complexity index is 1130. The number of carbonyl (C=O) groups is 2. The molecule has 0 aliphatic rings. The zero-order chi connectivity index (χ0) is 43.5. The Labute approximate surface area is 371 Å². The molecule has 0 radical (unpaired) electrons. The first-order chi connectivity index (χ1) is 29.6. The first kappa shape index (κ1) is 57.1. The average Bonchev–Trinajstić information content (AvgIpc) is 3.25. The van der Waals surface area contributed by atoms with Crippen LogP contribution in [0.15, 0.2) is 85.1 Å². The lowest BCUT2D eigenvalue weighted by Gasteiger charge is -2.15. The molecule has 0 aliphatic heterocycles. The Morgan fingerprint density at radius 3 is 1.08 bits per heavy atom. The number of aliphatic hydroxyl groups is 1. The quantitative estimate of drug-likeness (QED) is 0.0376. The van der Waals surface area contributed by atoms with Crippen LogP contribution in [-0.4, -0.2) is 36.4 Å². The van der Waals surface area contributed by atoms with Gasteiger partial charge >= 0.3 is 11.9 Å². The second-order valence-electron chi connectivity index (χ2n) is 16.5. The highest BCUT2D eigenvalue weighted by Crippen LogP contribution is 2.15. The molecule has 0 aromatic carbocycles. The highest BCUT2D eigenvalue weighted by atomic mass is 16.6. The van der Waals surface area contributed by atoms with E-state index >= 15 is 0 Å². The minimum atomic E-state index is -0.789. The van der Waals surface area contributed by atoms with Crippen molar-refractivity contribution < 1.29 is 24.2 Å². The first-order valence-corrected chi connectivity index (χ1v) is 25.1. The van der Waals surface area contributed by atoms with Crippen LogP contribution in [0.1, 0.15) is 232 Å². The number of hydrogen-bond donors (Lipinski definition) is 1. The molecule has 0 fully saturated rings. The molecule has 0 heterocycles. The molecule has 0 aliphatic carbocycles. The summed E-state index contributed by atoms with van der Waals surface area (Å²) in [5.41, 5.74) is 0. The van der Waals surface area contributed by atoms with E-state index in [2.05, 4.69) is 98.9 Å². The Morgan fingerprint density at radius 1 is 0.400 bits per heavy atom. The van der Waals surface area contributed by atoms with Gasteiger partial charge in [-0.25, -0.2) is 0 Å². The number of hydrogen-bond acceptors (Lipinski definition) is 5. The highest BCUT2D eigenvalue weighted by Gasteiger charge is 2.16. The number of carbonyl (C=O) groups excluding carboxylic acids is 2. The van der Waals surface area contributed by atoms with Crippen molar-refractivity contribution in [3.05, 3.63) is 85.1 Å². The van der Waals surface area contributed by atoms with Crippen LogP contribution in [0.4, 0.5) is 0 Å². The highest BCUT2D eigenvalue weighted by molar-refractivity contribution is 5.70. The van der Waals surface area contributed by atoms with E-state index < -0.39 is 6.10 Å². The molecule has 0 saturated heterocycles. The molecule has 5 nitrogen and oxygen atoms in total. The molecule has 0 rings (SSSR count). The van der Waals surface area contributed by atoms with Gasteiger partial charge in [-0.3, -0.25) is 9.59 Å². The summed E-state index contributed by atoms with van der Waals surface area (Å²) < 4.78 is 10.6. The predicted octanol–water partition coefficient (Wildman–Crippen LogP) is 16.6. The van der Waals surface area contributed by atoms with Gasteiger partial charge < -0.3 is 14.6 Å². The van der Waals surface area contributed by atoms with E-state index in [0.29, 0.717) is 12.8 Å². The Hall–Kier alpha value is -2.92. The number of esters is 2. The van der Waals surface area contributed by atoms with E-state index in [4.69, 9.17) is 9.47 Å². The summed E-state index contributed by atoms with van der Waals surface area (Å²) in [4.78, 5) is 24.4. The summed E-state index contributed by atoms with van der Waals surface area (Å²) in [5.74, 6) is -0.620. The number of allylic oxidation sites excluding steroid dienone is 14. The summed E-state index contributed by atoms with van der Waals surface area (Å²) in [6.45, 7) is 4.00. The Morgan fingerprint density at radius 2 is 0.717 bits per heavy atom. The molecular weight excluding hydrogens is 741 g/mol. The summed E-state index contributed by atoms with van der Waals surface area (Å²) in [6, 6.07) is 0. The summed E-state index contributed by atoms with van der Waals surface area (Å²) >= 11 is 0. The fraction of sp³-hybridized carbons (Fsp3) is 0.709. The lowest BCUT2D eigenvalue weighted by atomic mass is 10.0. The van der Waals surface area contributed by atoms with Crippen molar-refractivity contribution in [2.45, 2.75) is 238 Å². The van der Waals surface area contributed by atoms with Crippen LogP contribution in [0.5, 0.6) is 0 Å². The van der Waals surface area contributed by atoms with Crippen LogP contribution in [0.3, 0.4) is 0 Å². The molecule has 0 aromatic heterocycles. The fourth-order valence-electron chi connectivity index (χ4n) is 6.91. The van der Waals surface area contributed by atoms with Crippen molar-refractivity contribution in [1.82, 2.24) is 0 Å². The van der Waals surface area contributed by atoms with Gasteiger partial charge in [0.15, 0.2) is 6.10 Å². The van der Waals surface area contributed by atoms with E-state index in [1.165, 1.54) is 116 Å². The van der Waals surface area contributed by atoms with E-state index in [-0.39, 0.29) is 25.2 Å². The maximum atomic E-state index is 12.2. The molecule has 0 spiro atoms. The van der Waals surface area contributed by atoms with E-state index in [9.17, 15) is 14.7 Å². The monoisotopic (exact) mass is 835 g/mol. The van der Waals surface area contributed by atoms with Crippen LogP contribution < -0.4 is 0 Å². The molecule has 1 atom stereocenters. The van der Waals surface area contributed by atoms with Gasteiger partial charge in [0.2, 0.25) is 0 Å². The van der Waals surface area contributed by atoms with E-state index in [1.54, 1.807) is 0 Å². The van der Waals surface area contributed by atoms with Crippen LogP contribution in [0.2, 0.25) is 0 Å². The molecule has 60 heavy (non-hydrogen) atoms. The number of rotatable bonds is 45. The molecule has 0 aromatic rings. The third kappa shape index (κ3) is 47.8. The third-order valence-electron chi connectivity index (χ3n) is 10.7. The minimum Gasteiger partial charge on any atom is -0.462 e. The van der Waals surface area contributed by atoms with E-state index in [1.807, 2.05) is 0 Å². The number of aliphatic hydroxyl groups excluding tert-OH is 1. The molecule has 5 heteroatoms. The van der Waals surface area contributed by atoms with Gasteiger partial charge in [0.1, 0.15) is 6.61 Å². The largest absolute Gasteiger partial charge is 0.462 e. The lowest BCUT2D eigenvalue weighted by Crippen LogP contribution is -2.28. The first-order valence-electron chi connectivity index (χ1n) is 25.1. The number of ether oxygens (including phenoxy) is 2. The minimum absolute atomic E-state index is 0.0795. The lowest BCUT2D eigenvalue weighted by molar-refractivity contribution is -0.161. The van der Waals surface area contributed by atoms with Gasteiger partial charge in [0.05, 0.1) is 6.61 Å². The summed E-state index contributed by atoms with van der Waals surface area (Å²) in [7, 11) is 0. The van der Waals surface area contributed by atoms with Gasteiger partial charge in [-0.1, -0.05) is 214 Å². The standard InChI is InChI=1S/C55H94O5/c1-3-5-7-9-11-13-15-17-19-21-22-23-24-25-26-27-28-29-30-31-32-34-35-37-39-41-43-45-47-49-54(57)59-52-53(51-56)60-55(58)50-48-46-44-42-40-38-36-33-20-18-16-14-12-10-8-6-4-2/h6,8,12,14-15,17-18,20-22,24-25,36,38,53,56H,3-5,7,9-11,13,16,19,23,26-35,37,39-52H2,1-2H3/b8-6-,14-12-,17-15-,20-18-,22-21-,25-24-,38-36-. The van der Waals surface area contributed by atoms with Crippen molar-refractivity contribution in [2.24, 2.45) is 0 Å². The fourth-order valence-corrected chi connectivity index (χ4v) is 6.91. The SMILES string of the molecule is CC/C=C\C/C=C\C/C=C\C/C=C\CCCCCCC(=O)OC(CO)COC(=O)CCCCCCCCCCCCCCCC/C=C\C/C=C\C/C=C\CCCCCCC. The van der Waals surface area contributed by atoms with Gasteiger partial charge in [0.25, 0.3) is 0 Å². The summed E-state index contributed by atoms with van der Waals surface area (Å²) in [5, 5.41) is 9.61. The van der Waals surface area contributed by atoms with Crippen molar-refractivity contribution in [3.63, 3.8) is 0 Å². The third-order valence-corrected chi connectivity index (χ3v) is 10.7. The average molecular weight is 835 g/mol. The van der Waals surface area contributed by atoms with Crippen LogP contribution >= 0.6 is 0 Å². The summed E-state index contributed by atoms with van der Waals surface area (Å²) in [6.07, 6.45) is 69.6. The van der Waals surface area contributed by atoms with Gasteiger partial charge in [-0.15, -0.1) is 0 Å². The Kier molecular flexibility index (Phi) is 48.0. The van der Waals surface area contributed by atoms with Crippen LogP contribution in [0.25, 0.3) is 0 Å². The van der Waals surface area contributed by atoms with Gasteiger partial charge in [0, 0.05) is 12.8 Å². The second-order valence-corrected chi connectivity index (χ2v) is 16.5. The van der Waals surface area contributed by atoms with Crippen LogP contribution in [0, 0.1) is 0 Å². The predicted molar refractivity (Wildman–Crippen MR) is 260 cm³/mol. The van der Waals surface area contributed by atoms with E-state index in [0.717, 1.165) is 89.9 Å². The topological polar surface area (TPSA) is 72.8 Å². The maximum absolute atomic E-state index is 12.2. The van der Waals surface area contributed by atoms with Gasteiger partial charge in [-0.2, -0.15) is 0 Å². The molecular formula is C55H94O5. The maximum Gasteiger partial charge on any atom is 0.306 e. The van der Waals surface area contributed by atoms with Crippen molar-refractivity contribution in [3.8, 4) is 0 Å². The van der Waals surface area contributed by atoms with Crippen molar-refractivity contribution in [1.29, 1.82) is 0 Å². The molecule has 0 saturated carbocycles. The van der Waals surface area contributed by atoms with Crippen molar-refractivity contribution >= 4 is 11.9 Å². The number of unbranched alkanes of at least 4 members (excludes halogenated alkanes) is 23. The second kappa shape index (κ2) is 50.4. The molecule has 1 unspecified atom stereocenters. The molecule has 0 bridgehead atoms. The normalized spacial score (nSPS) is 12.9. The van der Waals surface area contributed by atoms with Crippen LogP contribution in [-0.2, 0) is 19.1 Å². The molecule has 1 N–H and O–H groups in total. The zero-order valence-electron chi connectivity index (χ0n) is 39.2. The molecule has 0 amide bonds. The Balaban J connectivity index is 3.53. The smallest absolute Gasteiger partial charge is 0.306 e. The zero-order valence-corrected chi connectivity index (χ0v) is 39.2. The van der Waals surface area contributed by atoms with Gasteiger partial charge in [-0.05, 0) is 89.9 Å².